The Bertz CT molecular complexity index is 1610. The summed E-state index contributed by atoms with van der Waals surface area (Å²) in [5.41, 5.74) is 1.49. The van der Waals surface area contributed by atoms with Crippen molar-refractivity contribution in [2.45, 2.75) is 64.5 Å². The molecule has 2 N–H and O–H groups in total. The van der Waals surface area contributed by atoms with Crippen LogP contribution in [0.5, 0.6) is 5.75 Å². The molecule has 0 spiro atoms. The Morgan fingerprint density at radius 1 is 1.12 bits per heavy atom. The third kappa shape index (κ3) is 5.59. The van der Waals surface area contributed by atoms with Gasteiger partial charge in [0.2, 0.25) is 11.3 Å². The van der Waals surface area contributed by atoms with Crippen molar-refractivity contribution in [1.29, 1.82) is 0 Å². The van der Waals surface area contributed by atoms with Crippen LogP contribution < -0.4 is 15.6 Å². The third-order valence-electron chi connectivity index (χ3n) is 9.05. The van der Waals surface area contributed by atoms with E-state index < -0.39 is 17.2 Å². The van der Waals surface area contributed by atoms with Gasteiger partial charge in [-0.15, -0.1) is 0 Å². The van der Waals surface area contributed by atoms with Gasteiger partial charge in [-0.1, -0.05) is 17.7 Å². The van der Waals surface area contributed by atoms with Gasteiger partial charge >= 0.3 is 0 Å². The fraction of sp³-hybridized carbons (Fsp3) is 0.469. The Balaban J connectivity index is 1.24. The number of likely N-dealkylation sites (tertiary alicyclic amines) is 1. The molecule has 10 heteroatoms. The number of aromatic nitrogens is 1. The van der Waals surface area contributed by atoms with Crippen molar-refractivity contribution < 1.29 is 19.1 Å². The Labute approximate surface area is 249 Å². The molecule has 0 radical (unpaired) electrons. The lowest BCUT2D eigenvalue weighted by Gasteiger charge is -2.35. The molecule has 1 aliphatic carbocycles. The SMILES string of the molecule is Cc1cc(Cl)ccc1CNC(=O)c1cn(C2CC2)c2c(O)c(N3CCC(CCN4CCCC4=O)CC3)c(F)cc2c1=O. The standard InChI is InChI=1S/C32H36ClFN4O4/c1-19-15-22(33)5-4-21(19)17-35-32(42)25-18-38(23-6-7-23)28-24(30(25)40)16-26(34)29(31(28)41)37-13-9-20(10-14-37)8-12-36-11-2-3-27(36)39/h4-5,15-16,18,20,23,41H,2-3,6-14,17H2,1H3,(H,35,42). The van der Waals surface area contributed by atoms with Crippen LogP contribution in [0.25, 0.3) is 10.9 Å². The normalized spacial score (nSPS) is 17.8. The van der Waals surface area contributed by atoms with Gasteiger partial charge in [-0.3, -0.25) is 14.4 Å². The van der Waals surface area contributed by atoms with Crippen LogP contribution in [0.3, 0.4) is 0 Å². The number of carbonyl (C=O) groups excluding carboxylic acids is 2. The fourth-order valence-electron chi connectivity index (χ4n) is 6.41. The molecular weight excluding hydrogens is 559 g/mol. The first kappa shape index (κ1) is 28.5. The maximum absolute atomic E-state index is 15.7. The Kier molecular flexibility index (Phi) is 7.87. The first-order valence-corrected chi connectivity index (χ1v) is 15.2. The van der Waals surface area contributed by atoms with Gasteiger partial charge in [-0.05, 0) is 80.7 Å². The van der Waals surface area contributed by atoms with Crippen molar-refractivity contribution in [3.63, 3.8) is 0 Å². The van der Waals surface area contributed by atoms with Crippen LogP contribution in [-0.2, 0) is 11.3 Å². The molecule has 2 aromatic carbocycles. The lowest BCUT2D eigenvalue weighted by molar-refractivity contribution is -0.127. The summed E-state index contributed by atoms with van der Waals surface area (Å²) < 4.78 is 17.4. The number of piperidine rings is 1. The molecule has 0 atom stereocenters. The second-order valence-corrected chi connectivity index (χ2v) is 12.4. The maximum atomic E-state index is 15.7. The summed E-state index contributed by atoms with van der Waals surface area (Å²) in [5, 5.41) is 14.9. The lowest BCUT2D eigenvalue weighted by atomic mass is 9.92. The molecular formula is C32H36ClFN4O4. The molecule has 42 heavy (non-hydrogen) atoms. The number of halogens is 2. The molecule has 2 amide bonds. The van der Waals surface area contributed by atoms with E-state index >= 15 is 4.39 Å². The molecule has 1 aromatic heterocycles. The van der Waals surface area contributed by atoms with Crippen molar-refractivity contribution in [3.8, 4) is 5.75 Å². The molecule has 3 heterocycles. The van der Waals surface area contributed by atoms with Gasteiger partial charge in [-0.2, -0.15) is 0 Å². The van der Waals surface area contributed by atoms with E-state index in [-0.39, 0.29) is 46.4 Å². The number of rotatable bonds is 8. The summed E-state index contributed by atoms with van der Waals surface area (Å²) in [7, 11) is 0. The van der Waals surface area contributed by atoms with Crippen LogP contribution in [0, 0.1) is 18.7 Å². The number of phenols is 1. The molecule has 2 aliphatic heterocycles. The summed E-state index contributed by atoms with van der Waals surface area (Å²) in [4.78, 5) is 42.4. The van der Waals surface area contributed by atoms with Gasteiger partial charge in [0.25, 0.3) is 5.91 Å². The van der Waals surface area contributed by atoms with Crippen molar-refractivity contribution in [2.24, 2.45) is 5.92 Å². The van der Waals surface area contributed by atoms with Crippen LogP contribution in [0.4, 0.5) is 10.1 Å². The topological polar surface area (TPSA) is 94.9 Å². The second-order valence-electron chi connectivity index (χ2n) is 11.9. The van der Waals surface area contributed by atoms with Gasteiger partial charge in [0.1, 0.15) is 11.3 Å². The summed E-state index contributed by atoms with van der Waals surface area (Å²) in [6.45, 7) is 4.86. The number of nitrogens with zero attached hydrogens (tertiary/aromatic N) is 3. The molecule has 0 unspecified atom stereocenters. The molecule has 3 aliphatic rings. The number of anilines is 1. The average molecular weight is 595 g/mol. The van der Waals surface area contributed by atoms with E-state index in [1.54, 1.807) is 10.6 Å². The zero-order valence-corrected chi connectivity index (χ0v) is 24.6. The molecule has 0 bridgehead atoms. The zero-order chi connectivity index (χ0) is 29.5. The fourth-order valence-corrected chi connectivity index (χ4v) is 6.64. The number of phenolic OH excluding ortho intramolecular Hbond substituents is 1. The largest absolute Gasteiger partial charge is 0.504 e. The Morgan fingerprint density at radius 3 is 2.55 bits per heavy atom. The van der Waals surface area contributed by atoms with Gasteiger partial charge < -0.3 is 24.8 Å². The first-order chi connectivity index (χ1) is 20.2. The number of hydrogen-bond acceptors (Lipinski definition) is 5. The first-order valence-electron chi connectivity index (χ1n) is 14.9. The van der Waals surface area contributed by atoms with E-state index in [1.807, 2.05) is 28.9 Å². The van der Waals surface area contributed by atoms with Gasteiger partial charge in [0.15, 0.2) is 11.6 Å². The number of aromatic hydroxyl groups is 1. The summed E-state index contributed by atoms with van der Waals surface area (Å²) in [5.74, 6) is -0.807. The highest BCUT2D eigenvalue weighted by Crippen LogP contribution is 2.44. The van der Waals surface area contributed by atoms with E-state index in [9.17, 15) is 19.5 Å². The molecule has 2 saturated heterocycles. The van der Waals surface area contributed by atoms with Gasteiger partial charge in [0, 0.05) is 56.4 Å². The van der Waals surface area contributed by atoms with Gasteiger partial charge in [-0.25, -0.2) is 4.39 Å². The van der Waals surface area contributed by atoms with E-state index in [2.05, 4.69) is 5.32 Å². The van der Waals surface area contributed by atoms with E-state index in [4.69, 9.17) is 11.6 Å². The Hall–Kier alpha value is -3.59. The lowest BCUT2D eigenvalue weighted by Crippen LogP contribution is -2.36. The van der Waals surface area contributed by atoms with Gasteiger partial charge in [0.05, 0.1) is 10.9 Å². The minimum absolute atomic E-state index is 0.00106. The second kappa shape index (κ2) is 11.6. The monoisotopic (exact) mass is 594 g/mol. The number of nitrogens with one attached hydrogen (secondary N) is 1. The predicted molar refractivity (Wildman–Crippen MR) is 161 cm³/mol. The number of hydrogen-bond donors (Lipinski definition) is 2. The summed E-state index contributed by atoms with van der Waals surface area (Å²) in [6, 6.07) is 6.58. The zero-order valence-electron chi connectivity index (χ0n) is 23.8. The van der Waals surface area contributed by atoms with E-state index in [0.29, 0.717) is 30.5 Å². The molecule has 222 valence electrons. The van der Waals surface area contributed by atoms with Crippen LogP contribution in [-0.4, -0.2) is 52.6 Å². The van der Waals surface area contributed by atoms with Crippen LogP contribution >= 0.6 is 11.6 Å². The number of aryl methyl sites for hydroxylation is 1. The molecule has 3 fully saturated rings. The highest BCUT2D eigenvalue weighted by molar-refractivity contribution is 6.30. The number of amides is 2. The van der Waals surface area contributed by atoms with Crippen LogP contribution in [0.1, 0.15) is 72.5 Å². The molecule has 1 saturated carbocycles. The number of carbonyl (C=O) groups is 2. The minimum atomic E-state index is -0.671. The van der Waals surface area contributed by atoms with Crippen molar-refractivity contribution in [3.05, 3.63) is 68.2 Å². The van der Waals surface area contributed by atoms with E-state index in [1.165, 1.54) is 12.3 Å². The quantitative estimate of drug-likeness (QED) is 0.369. The summed E-state index contributed by atoms with van der Waals surface area (Å²) >= 11 is 6.04. The predicted octanol–water partition coefficient (Wildman–Crippen LogP) is 5.30. The number of pyridine rings is 1. The Morgan fingerprint density at radius 2 is 1.88 bits per heavy atom. The maximum Gasteiger partial charge on any atom is 0.257 e. The van der Waals surface area contributed by atoms with E-state index in [0.717, 1.165) is 62.7 Å². The average Bonchev–Trinajstić information content (AvgIpc) is 3.73. The number of fused-ring (bicyclic) bond motifs is 1. The summed E-state index contributed by atoms with van der Waals surface area (Å²) in [6.07, 6.45) is 7.37. The number of benzene rings is 2. The minimum Gasteiger partial charge on any atom is -0.504 e. The molecule has 8 nitrogen and oxygen atoms in total. The van der Waals surface area contributed by atoms with Crippen molar-refractivity contribution in [2.75, 3.05) is 31.1 Å². The van der Waals surface area contributed by atoms with Crippen LogP contribution in [0.2, 0.25) is 5.02 Å². The van der Waals surface area contributed by atoms with Crippen molar-refractivity contribution >= 4 is 40.0 Å². The smallest absolute Gasteiger partial charge is 0.257 e. The van der Waals surface area contributed by atoms with Crippen molar-refractivity contribution in [1.82, 2.24) is 14.8 Å². The highest BCUT2D eigenvalue weighted by atomic mass is 35.5. The highest BCUT2D eigenvalue weighted by Gasteiger charge is 2.32. The molecule has 3 aromatic rings. The molecule has 6 rings (SSSR count). The van der Waals surface area contributed by atoms with Crippen LogP contribution in [0.15, 0.2) is 35.3 Å². The third-order valence-corrected chi connectivity index (χ3v) is 9.29.